The van der Waals surface area contributed by atoms with Crippen molar-refractivity contribution in [2.24, 2.45) is 7.05 Å². The molecule has 0 spiro atoms. The molecule has 1 heterocycles. The van der Waals surface area contributed by atoms with Crippen molar-refractivity contribution in [3.05, 3.63) is 35.0 Å². The summed E-state index contributed by atoms with van der Waals surface area (Å²) in [7, 11) is 1.98. The summed E-state index contributed by atoms with van der Waals surface area (Å²) in [6, 6.07) is 5.79. The van der Waals surface area contributed by atoms with Gasteiger partial charge in [0.15, 0.2) is 0 Å². The normalized spacial score (nSPS) is 10.9. The molecule has 0 saturated heterocycles. The summed E-state index contributed by atoms with van der Waals surface area (Å²) in [4.78, 5) is 10.5. The van der Waals surface area contributed by atoms with Crippen LogP contribution in [0.1, 0.15) is 18.4 Å². The number of hydrogen-bond acceptors (Lipinski definition) is 1. The van der Waals surface area contributed by atoms with Crippen molar-refractivity contribution in [3.63, 3.8) is 0 Å². The van der Waals surface area contributed by atoms with Gasteiger partial charge in [-0.3, -0.25) is 4.79 Å². The van der Waals surface area contributed by atoms with E-state index < -0.39 is 5.97 Å². The first-order valence-corrected chi connectivity index (χ1v) is 5.91. The Morgan fingerprint density at radius 2 is 2.24 bits per heavy atom. The Morgan fingerprint density at radius 3 is 2.94 bits per heavy atom. The average molecular weight is 252 g/mol. The highest BCUT2D eigenvalue weighted by atomic mass is 35.5. The fourth-order valence-electron chi connectivity index (χ4n) is 2.08. The van der Waals surface area contributed by atoms with E-state index in [0.29, 0.717) is 11.4 Å². The largest absolute Gasteiger partial charge is 0.481 e. The molecule has 1 aromatic heterocycles. The number of benzene rings is 1. The van der Waals surface area contributed by atoms with Gasteiger partial charge in [0.1, 0.15) is 0 Å². The van der Waals surface area contributed by atoms with E-state index in [-0.39, 0.29) is 6.42 Å². The Morgan fingerprint density at radius 1 is 1.47 bits per heavy atom. The summed E-state index contributed by atoms with van der Waals surface area (Å²) in [5.41, 5.74) is 2.28. The van der Waals surface area contributed by atoms with Crippen molar-refractivity contribution in [1.82, 2.24) is 4.57 Å². The minimum Gasteiger partial charge on any atom is -0.481 e. The molecule has 4 heteroatoms. The van der Waals surface area contributed by atoms with Crippen molar-refractivity contribution < 1.29 is 9.90 Å². The monoisotopic (exact) mass is 251 g/mol. The van der Waals surface area contributed by atoms with Crippen LogP contribution in [0.25, 0.3) is 10.9 Å². The van der Waals surface area contributed by atoms with Crippen LogP contribution in [0, 0.1) is 0 Å². The zero-order valence-corrected chi connectivity index (χ0v) is 10.4. The number of rotatable bonds is 4. The Labute approximate surface area is 105 Å². The maximum absolute atomic E-state index is 10.5. The van der Waals surface area contributed by atoms with Crippen LogP contribution < -0.4 is 0 Å². The van der Waals surface area contributed by atoms with Gasteiger partial charge < -0.3 is 9.67 Å². The Bertz CT molecular complexity index is 560. The molecule has 2 rings (SSSR count). The third-order valence-electron chi connectivity index (χ3n) is 2.87. The van der Waals surface area contributed by atoms with Gasteiger partial charge in [-0.2, -0.15) is 0 Å². The quantitative estimate of drug-likeness (QED) is 0.907. The second-order valence-corrected chi connectivity index (χ2v) is 4.61. The molecule has 1 N–H and O–H groups in total. The average Bonchev–Trinajstić information content (AvgIpc) is 2.55. The highest BCUT2D eigenvalue weighted by Gasteiger charge is 2.07. The number of aromatic nitrogens is 1. The maximum Gasteiger partial charge on any atom is 0.303 e. The van der Waals surface area contributed by atoms with Crippen LogP contribution in [-0.2, 0) is 18.3 Å². The maximum atomic E-state index is 10.5. The van der Waals surface area contributed by atoms with Crippen LogP contribution in [0.15, 0.2) is 24.4 Å². The number of carboxylic acids is 1. The molecule has 0 amide bonds. The second-order valence-electron chi connectivity index (χ2n) is 4.17. The van der Waals surface area contributed by atoms with Gasteiger partial charge in [-0.05, 0) is 36.6 Å². The number of aliphatic carboxylic acids is 1. The number of aryl methyl sites for hydroxylation is 2. The summed E-state index contributed by atoms with van der Waals surface area (Å²) in [6.45, 7) is 0. The minimum atomic E-state index is -0.747. The predicted octanol–water partition coefficient (Wildman–Crippen LogP) is 3.24. The Kier molecular flexibility index (Phi) is 3.38. The summed E-state index contributed by atoms with van der Waals surface area (Å²) in [5.74, 6) is -0.747. The lowest BCUT2D eigenvalue weighted by Gasteiger charge is -1.98. The lowest BCUT2D eigenvalue weighted by atomic mass is 10.1. The van der Waals surface area contributed by atoms with Crippen molar-refractivity contribution in [3.8, 4) is 0 Å². The van der Waals surface area contributed by atoms with E-state index in [9.17, 15) is 4.79 Å². The first-order valence-electron chi connectivity index (χ1n) is 5.53. The molecule has 0 bridgehead atoms. The zero-order chi connectivity index (χ0) is 12.4. The highest BCUT2D eigenvalue weighted by Crippen LogP contribution is 2.25. The van der Waals surface area contributed by atoms with E-state index in [1.807, 2.05) is 36.0 Å². The lowest BCUT2D eigenvalue weighted by molar-refractivity contribution is -0.137. The SMILES string of the molecule is Cn1cc(CCCC(=O)O)c2cc(Cl)ccc21. The highest BCUT2D eigenvalue weighted by molar-refractivity contribution is 6.31. The summed E-state index contributed by atoms with van der Waals surface area (Å²) < 4.78 is 2.04. The molecular formula is C13H14ClNO2. The van der Waals surface area contributed by atoms with E-state index >= 15 is 0 Å². The first-order chi connectivity index (χ1) is 8.08. The first kappa shape index (κ1) is 12.0. The molecule has 2 aromatic rings. The van der Waals surface area contributed by atoms with E-state index in [1.54, 1.807) is 0 Å². The van der Waals surface area contributed by atoms with Crippen molar-refractivity contribution in [1.29, 1.82) is 0 Å². The fourth-order valence-corrected chi connectivity index (χ4v) is 2.25. The topological polar surface area (TPSA) is 42.2 Å². The van der Waals surface area contributed by atoms with Gasteiger partial charge in [-0.1, -0.05) is 11.6 Å². The number of hydrogen-bond donors (Lipinski definition) is 1. The molecule has 0 fully saturated rings. The third-order valence-corrected chi connectivity index (χ3v) is 3.11. The van der Waals surface area contributed by atoms with Crippen molar-refractivity contribution >= 4 is 28.5 Å². The zero-order valence-electron chi connectivity index (χ0n) is 9.61. The smallest absolute Gasteiger partial charge is 0.303 e. The second kappa shape index (κ2) is 4.80. The van der Waals surface area contributed by atoms with Crippen molar-refractivity contribution in [2.45, 2.75) is 19.3 Å². The van der Waals surface area contributed by atoms with Gasteiger partial charge in [-0.25, -0.2) is 0 Å². The lowest BCUT2D eigenvalue weighted by Crippen LogP contribution is -1.95. The molecule has 0 aliphatic carbocycles. The van der Waals surface area contributed by atoms with Gasteiger partial charge in [0.2, 0.25) is 0 Å². The van der Waals surface area contributed by atoms with Crippen LogP contribution in [0.3, 0.4) is 0 Å². The van der Waals surface area contributed by atoms with E-state index in [1.165, 1.54) is 0 Å². The minimum absolute atomic E-state index is 0.205. The molecule has 0 radical (unpaired) electrons. The van der Waals surface area contributed by atoms with E-state index in [4.69, 9.17) is 16.7 Å². The molecule has 1 aromatic carbocycles. The molecule has 0 aliphatic rings. The summed E-state index contributed by atoms with van der Waals surface area (Å²) >= 11 is 5.98. The third kappa shape index (κ3) is 2.61. The molecule has 0 saturated carbocycles. The molecular weight excluding hydrogens is 238 g/mol. The Balaban J connectivity index is 2.27. The molecule has 90 valence electrons. The van der Waals surface area contributed by atoms with E-state index in [2.05, 4.69) is 0 Å². The Hall–Kier alpha value is -1.48. The number of halogens is 1. The fraction of sp³-hybridized carbons (Fsp3) is 0.308. The van der Waals surface area contributed by atoms with Gasteiger partial charge in [-0.15, -0.1) is 0 Å². The van der Waals surface area contributed by atoms with Gasteiger partial charge in [0, 0.05) is 35.6 Å². The van der Waals surface area contributed by atoms with Crippen LogP contribution >= 0.6 is 11.6 Å². The van der Waals surface area contributed by atoms with Crippen LogP contribution in [0.2, 0.25) is 5.02 Å². The molecule has 0 unspecified atom stereocenters. The molecule has 3 nitrogen and oxygen atoms in total. The van der Waals surface area contributed by atoms with Crippen LogP contribution in [-0.4, -0.2) is 15.6 Å². The van der Waals surface area contributed by atoms with Crippen LogP contribution in [0.4, 0.5) is 0 Å². The predicted molar refractivity (Wildman–Crippen MR) is 68.5 cm³/mol. The van der Waals surface area contributed by atoms with Gasteiger partial charge >= 0.3 is 5.97 Å². The molecule has 0 atom stereocenters. The summed E-state index contributed by atoms with van der Waals surface area (Å²) in [5, 5.41) is 10.5. The van der Waals surface area contributed by atoms with Gasteiger partial charge in [0.05, 0.1) is 0 Å². The standard InChI is InChI=1S/C13H14ClNO2/c1-15-8-9(3-2-4-13(16)17)11-7-10(14)5-6-12(11)15/h5-8H,2-4H2,1H3,(H,16,17). The number of carbonyl (C=O) groups is 1. The number of carboxylic acid groups (broad SMARTS) is 1. The number of fused-ring (bicyclic) bond motifs is 1. The molecule has 0 aliphatic heterocycles. The van der Waals surface area contributed by atoms with Crippen LogP contribution in [0.5, 0.6) is 0 Å². The van der Waals surface area contributed by atoms with E-state index in [0.717, 1.165) is 22.9 Å². The summed E-state index contributed by atoms with van der Waals surface area (Å²) in [6.07, 6.45) is 3.67. The van der Waals surface area contributed by atoms with Gasteiger partial charge in [0.25, 0.3) is 0 Å². The molecule has 17 heavy (non-hydrogen) atoms. The number of nitrogens with zero attached hydrogens (tertiary/aromatic N) is 1. The van der Waals surface area contributed by atoms with Crippen molar-refractivity contribution in [2.75, 3.05) is 0 Å².